The summed E-state index contributed by atoms with van der Waals surface area (Å²) in [5, 5.41) is 19.4. The van der Waals surface area contributed by atoms with Crippen LogP contribution in [0.25, 0.3) is 122 Å². The molecule has 0 amide bonds. The number of aryl methyl sites for hydroxylation is 12. The summed E-state index contributed by atoms with van der Waals surface area (Å²) in [4.78, 5) is 11.2. The summed E-state index contributed by atoms with van der Waals surface area (Å²) in [6.07, 6.45) is 22.5. The SMILES string of the molecule is Cc1cc(-c2nn(C)c(C)c2-c2ccccc2)[c-]o1.Cc1cc(C)c(-c2cc(-c3nn(C)cc3-c3ccccc3)[c-]s2)c(C)c1.Cc1ccccc1-c1sc[c-]c1-c1cc(C)n(C)n1.Cn1[c-]c(-c2cn(C)cn2)c(-c2ccccc2)c1.Cn1cnc(-c2[c-]occ2-c2ccccc2)c1.[Ir].[Ir].[Ir].[Ir].[Ir]. The Bertz CT molecular complexity index is 5300. The van der Waals surface area contributed by atoms with Crippen molar-refractivity contribution in [2.45, 2.75) is 48.5 Å². The van der Waals surface area contributed by atoms with Gasteiger partial charge in [0.25, 0.3) is 0 Å². The zero-order chi connectivity index (χ0) is 69.3. The van der Waals surface area contributed by atoms with E-state index in [1.54, 1.807) is 35.3 Å². The van der Waals surface area contributed by atoms with Crippen LogP contribution in [0.3, 0.4) is 0 Å². The molecular weight excluding hydrogens is 2220 g/mol. The molecule has 13 nitrogen and oxygen atoms in total. The van der Waals surface area contributed by atoms with Crippen molar-refractivity contribution >= 4 is 22.7 Å². The Hall–Kier alpha value is -8.14. The van der Waals surface area contributed by atoms with E-state index in [1.807, 2.05) is 180 Å². The Morgan fingerprint density at radius 2 is 1.00 bits per heavy atom. The first kappa shape index (κ1) is 83.1. The zero-order valence-corrected chi connectivity index (χ0v) is 73.2. The largest absolute Gasteiger partial charge is 0.565 e. The second-order valence-electron chi connectivity index (χ2n) is 24.5. The van der Waals surface area contributed by atoms with Crippen molar-refractivity contribution in [1.29, 1.82) is 0 Å². The van der Waals surface area contributed by atoms with Gasteiger partial charge < -0.3 is 22.5 Å². The normalized spacial score (nSPS) is 10.4. The van der Waals surface area contributed by atoms with Crippen LogP contribution in [0.15, 0.2) is 234 Å². The zero-order valence-electron chi connectivity index (χ0n) is 59.6. The molecule has 20 heteroatoms. The van der Waals surface area contributed by atoms with E-state index < -0.39 is 0 Å². The van der Waals surface area contributed by atoms with Gasteiger partial charge in [0.2, 0.25) is 0 Å². The van der Waals surface area contributed by atoms with Crippen LogP contribution in [0.4, 0.5) is 0 Å². The number of hydrogen-bond acceptors (Lipinski definition) is 9. The maximum absolute atomic E-state index is 5.28. The maximum atomic E-state index is 5.28. The molecule has 0 N–H and O–H groups in total. The molecule has 0 saturated heterocycles. The summed E-state index contributed by atoms with van der Waals surface area (Å²) in [6.45, 7) is 14.7. The number of imidazole rings is 2. The second kappa shape index (κ2) is 38.2. The van der Waals surface area contributed by atoms with E-state index in [-0.39, 0.29) is 101 Å². The molecule has 10 aromatic heterocycles. The van der Waals surface area contributed by atoms with Crippen molar-refractivity contribution in [3.8, 4) is 122 Å². The molecule has 0 fully saturated rings. The Kier molecular flexibility index (Phi) is 30.6. The van der Waals surface area contributed by atoms with Crippen LogP contribution in [-0.2, 0) is 143 Å². The van der Waals surface area contributed by atoms with Crippen LogP contribution in [-0.4, -0.2) is 53.0 Å². The number of benzene rings is 6. The summed E-state index contributed by atoms with van der Waals surface area (Å²) in [5.41, 5.74) is 29.0. The van der Waals surface area contributed by atoms with Gasteiger partial charge in [-0.1, -0.05) is 259 Å². The second-order valence-corrected chi connectivity index (χ2v) is 26.3. The third-order valence-electron chi connectivity index (χ3n) is 16.9. The fourth-order valence-electron chi connectivity index (χ4n) is 12.0. The summed E-state index contributed by atoms with van der Waals surface area (Å²) >= 11 is 3.39. The molecule has 6 aromatic carbocycles. The van der Waals surface area contributed by atoms with E-state index in [4.69, 9.17) is 13.9 Å². The first-order chi connectivity index (χ1) is 47.9. The minimum absolute atomic E-state index is 0. The van der Waals surface area contributed by atoms with Gasteiger partial charge in [-0.15, -0.1) is 34.5 Å². The van der Waals surface area contributed by atoms with Gasteiger partial charge in [0.1, 0.15) is 0 Å². The molecule has 541 valence electrons. The van der Waals surface area contributed by atoms with E-state index >= 15 is 0 Å². The van der Waals surface area contributed by atoms with Crippen molar-refractivity contribution in [1.82, 2.24) is 53.0 Å². The Morgan fingerprint density at radius 3 is 1.55 bits per heavy atom. The van der Waals surface area contributed by atoms with Gasteiger partial charge in [-0.05, 0) is 101 Å². The molecule has 0 atom stereocenters. The Morgan fingerprint density at radius 1 is 0.442 bits per heavy atom. The molecule has 104 heavy (non-hydrogen) atoms. The molecular formula is C84H76Ir5N11O2S2-5. The van der Waals surface area contributed by atoms with E-state index in [1.165, 1.54) is 54.3 Å². The summed E-state index contributed by atoms with van der Waals surface area (Å²) < 4.78 is 22.0. The Labute approximate surface area is 685 Å². The van der Waals surface area contributed by atoms with E-state index in [2.05, 4.69) is 201 Å². The van der Waals surface area contributed by atoms with Gasteiger partial charge in [-0.25, -0.2) is 26.6 Å². The van der Waals surface area contributed by atoms with Crippen molar-refractivity contribution < 1.29 is 109 Å². The molecule has 0 aliphatic carbocycles. The molecule has 16 rings (SSSR count). The smallest absolute Gasteiger partial charge is 0.0835 e. The number of nitrogens with zero attached hydrogens (tertiary/aromatic N) is 11. The Balaban J connectivity index is 0.000000181. The monoisotopic (exact) mass is 2300 g/mol. The number of rotatable bonds is 11. The number of hydrogen-bond donors (Lipinski definition) is 0. The standard InChI is InChI=1S/C23H21N2S.C16H15N2O.C16H15N2S.C15H14N3.C14H11N2O.5Ir/c1-15-10-16(2)22(17(3)11-15)21-12-19(14-26-21)23-20(13-25(4)24-23)18-8-6-5-7-9-18;1-11-9-14(10-19-11)16-15(12(2)18(3)17-16)13-7-5-4-6-8-13;1-11-6-4-5-7-13(11)16-14(8-9-19-16)15-10-12(2)18(3)17-15;1-17-8-13(12-6-4-3-5-7-12)14(9-17)15-10-18(2)11-16-15;1-16-7-14(15-10-16)13-9-17-8-12(13)11-5-3-2-4-6-11;;;;;/h5-13H,1-4H3;4-9H,1-3H3;4-7,9-10H,1-3H3;3-8,10-11H,1-2H3;2-8,10H,1H3;;;;;/q5*-1;;;;;. The first-order valence-corrected chi connectivity index (χ1v) is 34.1. The van der Waals surface area contributed by atoms with Crippen LogP contribution in [0, 0.1) is 78.6 Å². The molecule has 0 bridgehead atoms. The van der Waals surface area contributed by atoms with Crippen molar-refractivity contribution in [3.05, 3.63) is 295 Å². The van der Waals surface area contributed by atoms with Gasteiger partial charge >= 0.3 is 0 Å². The predicted molar refractivity (Wildman–Crippen MR) is 402 cm³/mol. The van der Waals surface area contributed by atoms with E-state index in [0.717, 1.165) is 107 Å². The molecule has 16 aromatic rings. The molecule has 0 aliphatic rings. The first-order valence-electron chi connectivity index (χ1n) is 32.4. The topological polar surface area (TPSA) is 120 Å². The third-order valence-corrected chi connectivity index (χ3v) is 18.7. The predicted octanol–water partition coefficient (Wildman–Crippen LogP) is 20.2. The minimum Gasteiger partial charge on any atom is -0.565 e. The van der Waals surface area contributed by atoms with Crippen LogP contribution < -0.4 is 0 Å². The number of furan rings is 2. The van der Waals surface area contributed by atoms with Crippen molar-refractivity contribution in [2.75, 3.05) is 0 Å². The molecule has 0 saturated carbocycles. The molecule has 0 aliphatic heterocycles. The molecule has 0 spiro atoms. The van der Waals surface area contributed by atoms with Gasteiger partial charge in [0.05, 0.1) is 12.7 Å². The van der Waals surface area contributed by atoms with Gasteiger partial charge in [0, 0.05) is 189 Å². The molecule has 10 heterocycles. The van der Waals surface area contributed by atoms with Gasteiger partial charge in [-0.3, -0.25) is 35.4 Å². The fraction of sp³-hybridized carbons (Fsp3) is 0.155. The minimum atomic E-state index is 0. The van der Waals surface area contributed by atoms with Gasteiger partial charge in [0.15, 0.2) is 0 Å². The van der Waals surface area contributed by atoms with Crippen molar-refractivity contribution in [2.24, 2.45) is 42.3 Å². The summed E-state index contributed by atoms with van der Waals surface area (Å²) in [5.74, 6) is 0.845. The quantitative estimate of drug-likeness (QED) is 0.118. The van der Waals surface area contributed by atoms with Gasteiger partial charge in [-0.2, -0.15) is 12.1 Å². The maximum Gasteiger partial charge on any atom is 0.0835 e. The number of aromatic nitrogens is 11. The summed E-state index contributed by atoms with van der Waals surface area (Å²) in [7, 11) is 11.8. The molecule has 0 unspecified atom stereocenters. The van der Waals surface area contributed by atoms with Crippen LogP contribution in [0.1, 0.15) is 39.4 Å². The van der Waals surface area contributed by atoms with Crippen LogP contribution in [0.2, 0.25) is 0 Å². The average Bonchev–Trinajstić information content (AvgIpc) is 1.63. The average molecular weight is 2300 g/mol. The van der Waals surface area contributed by atoms with Crippen LogP contribution in [0.5, 0.6) is 0 Å². The third kappa shape index (κ3) is 19.7. The fourth-order valence-corrected chi connectivity index (χ4v) is 13.9. The number of thiophene rings is 2. The van der Waals surface area contributed by atoms with Crippen molar-refractivity contribution in [3.63, 3.8) is 0 Å². The summed E-state index contributed by atoms with van der Waals surface area (Å²) in [6, 6.07) is 63.7. The van der Waals surface area contributed by atoms with E-state index in [0.29, 0.717) is 0 Å². The van der Waals surface area contributed by atoms with Crippen LogP contribution >= 0.6 is 22.7 Å². The van der Waals surface area contributed by atoms with E-state index in [9.17, 15) is 0 Å². The molecule has 5 radical (unpaired) electrons.